The molecule has 0 unspecified atom stereocenters. The van der Waals surface area contributed by atoms with E-state index in [9.17, 15) is 14.4 Å². The third-order valence-corrected chi connectivity index (χ3v) is 3.93. The fraction of sp³-hybridized carbons (Fsp3) is 0.417. The van der Waals surface area contributed by atoms with Crippen molar-refractivity contribution in [3.63, 3.8) is 0 Å². The molecule has 0 aliphatic heterocycles. The Morgan fingerprint density at radius 2 is 2.05 bits per heavy atom. The number of carbonyl (C=O) groups is 3. The molecule has 1 amide bonds. The highest BCUT2D eigenvalue weighted by Gasteiger charge is 2.25. The Bertz CT molecular complexity index is 542. The normalized spacial score (nSPS) is 10.2. The summed E-state index contributed by atoms with van der Waals surface area (Å²) in [6, 6.07) is 0. The summed E-state index contributed by atoms with van der Waals surface area (Å²) in [5.74, 6) is -1.61. The van der Waals surface area contributed by atoms with Crippen LogP contribution in [0.25, 0.3) is 0 Å². The van der Waals surface area contributed by atoms with E-state index in [1.54, 1.807) is 13.8 Å². The van der Waals surface area contributed by atoms with Crippen LogP contribution in [0.5, 0.6) is 0 Å². The molecule has 0 spiro atoms. The van der Waals surface area contributed by atoms with Crippen LogP contribution in [0, 0.1) is 6.92 Å². The van der Waals surface area contributed by atoms with Crippen molar-refractivity contribution in [3.05, 3.63) is 16.0 Å². The average Bonchev–Trinajstić information content (AvgIpc) is 2.74. The Balaban J connectivity index is 3.28. The van der Waals surface area contributed by atoms with E-state index in [2.05, 4.69) is 5.32 Å². The Kier molecular flexibility index (Phi) is 6.12. The zero-order chi connectivity index (χ0) is 15.3. The molecule has 0 saturated carbocycles. The van der Waals surface area contributed by atoms with Crippen LogP contribution in [0.4, 0.5) is 5.00 Å². The van der Waals surface area contributed by atoms with Gasteiger partial charge in [-0.15, -0.1) is 22.9 Å². The quantitative estimate of drug-likeness (QED) is 0.471. The van der Waals surface area contributed by atoms with Crippen LogP contribution >= 0.6 is 22.9 Å². The number of carbonyl (C=O) groups excluding carboxylic acids is 3. The van der Waals surface area contributed by atoms with Crippen molar-refractivity contribution in [3.8, 4) is 0 Å². The number of rotatable bonds is 6. The molecule has 1 rings (SSSR count). The topological polar surface area (TPSA) is 98.5 Å². The summed E-state index contributed by atoms with van der Waals surface area (Å²) in [4.78, 5) is 35.4. The van der Waals surface area contributed by atoms with Crippen LogP contribution in [0.3, 0.4) is 0 Å². The third kappa shape index (κ3) is 3.56. The summed E-state index contributed by atoms with van der Waals surface area (Å²) in [5, 5.41) is 2.75. The lowest BCUT2D eigenvalue weighted by Gasteiger charge is -2.05. The van der Waals surface area contributed by atoms with E-state index in [0.29, 0.717) is 10.4 Å². The number of nitrogens with two attached hydrogens (primary N) is 1. The number of esters is 1. The van der Waals surface area contributed by atoms with Gasteiger partial charge in [0, 0.05) is 0 Å². The first-order valence-corrected chi connectivity index (χ1v) is 7.20. The van der Waals surface area contributed by atoms with Gasteiger partial charge < -0.3 is 15.8 Å². The number of nitrogens with one attached hydrogen (secondary N) is 1. The van der Waals surface area contributed by atoms with Crippen LogP contribution in [-0.4, -0.2) is 36.7 Å². The van der Waals surface area contributed by atoms with E-state index in [0.717, 1.165) is 11.3 Å². The van der Waals surface area contributed by atoms with Gasteiger partial charge in [0.25, 0.3) is 0 Å². The largest absolute Gasteiger partial charge is 0.462 e. The minimum Gasteiger partial charge on any atom is -0.462 e. The Morgan fingerprint density at radius 1 is 1.40 bits per heavy atom. The van der Waals surface area contributed by atoms with Gasteiger partial charge in [0.1, 0.15) is 10.9 Å². The predicted molar refractivity (Wildman–Crippen MR) is 77.7 cm³/mol. The number of alkyl halides is 1. The number of hydrogen-bond acceptors (Lipinski definition) is 6. The van der Waals surface area contributed by atoms with Crippen molar-refractivity contribution in [2.45, 2.75) is 13.8 Å². The van der Waals surface area contributed by atoms with Gasteiger partial charge in [0.2, 0.25) is 5.91 Å². The number of Topliss-reactive ketones (excluding diaryl/α,β-unsaturated/α-hetero) is 1. The molecule has 6 nitrogen and oxygen atoms in total. The summed E-state index contributed by atoms with van der Waals surface area (Å²) in [6.45, 7) is 3.30. The van der Waals surface area contributed by atoms with Crippen molar-refractivity contribution in [2.75, 3.05) is 24.3 Å². The van der Waals surface area contributed by atoms with E-state index >= 15 is 0 Å². The van der Waals surface area contributed by atoms with Gasteiger partial charge in [-0.25, -0.2) is 4.79 Å². The summed E-state index contributed by atoms with van der Waals surface area (Å²) in [5.41, 5.74) is 5.95. The summed E-state index contributed by atoms with van der Waals surface area (Å²) < 4.78 is 4.93. The fourth-order valence-electron chi connectivity index (χ4n) is 1.57. The van der Waals surface area contributed by atoms with Gasteiger partial charge in [-0.2, -0.15) is 0 Å². The first-order chi connectivity index (χ1) is 9.46. The van der Waals surface area contributed by atoms with E-state index in [4.69, 9.17) is 22.1 Å². The van der Waals surface area contributed by atoms with E-state index in [1.807, 2.05) is 0 Å². The van der Waals surface area contributed by atoms with Gasteiger partial charge in [-0.05, 0) is 19.4 Å². The second-order valence-electron chi connectivity index (χ2n) is 3.79. The van der Waals surface area contributed by atoms with Crippen LogP contribution in [0.15, 0.2) is 0 Å². The van der Waals surface area contributed by atoms with Crippen LogP contribution < -0.4 is 11.1 Å². The highest BCUT2D eigenvalue weighted by molar-refractivity contribution is 7.18. The molecule has 0 radical (unpaired) electrons. The zero-order valence-corrected chi connectivity index (χ0v) is 12.7. The average molecular weight is 319 g/mol. The lowest BCUT2D eigenvalue weighted by atomic mass is 10.1. The number of amides is 1. The van der Waals surface area contributed by atoms with Crippen molar-refractivity contribution < 1.29 is 19.1 Å². The molecular formula is C12H15ClN2O4S. The van der Waals surface area contributed by atoms with Gasteiger partial charge in [0.15, 0.2) is 5.78 Å². The Morgan fingerprint density at radius 3 is 2.55 bits per heavy atom. The standard InChI is InChI=1S/C12H15ClN2O4S/c1-3-19-12(18)9-6(2)10(7(16)5-14)20-11(9)15-8(17)4-13/h3-5,14H2,1-2H3,(H,15,17). The van der Waals surface area contributed by atoms with Crippen LogP contribution in [-0.2, 0) is 9.53 Å². The molecule has 0 bridgehead atoms. The molecule has 20 heavy (non-hydrogen) atoms. The second-order valence-corrected chi connectivity index (χ2v) is 5.08. The Hall–Kier alpha value is -1.44. The van der Waals surface area contributed by atoms with Crippen LogP contribution in [0.1, 0.15) is 32.5 Å². The number of ether oxygens (including phenoxy) is 1. The molecule has 1 aromatic heterocycles. The van der Waals surface area contributed by atoms with E-state index < -0.39 is 11.9 Å². The Labute approximate surface area is 125 Å². The van der Waals surface area contributed by atoms with Crippen molar-refractivity contribution in [2.24, 2.45) is 5.73 Å². The molecular weight excluding hydrogens is 304 g/mol. The minimum atomic E-state index is -0.595. The predicted octanol–water partition coefficient (Wildman–Crippen LogP) is 1.55. The lowest BCUT2D eigenvalue weighted by Crippen LogP contribution is -2.15. The maximum atomic E-state index is 11.9. The third-order valence-electron chi connectivity index (χ3n) is 2.44. The lowest BCUT2D eigenvalue weighted by molar-refractivity contribution is -0.113. The van der Waals surface area contributed by atoms with Gasteiger partial charge in [-0.3, -0.25) is 9.59 Å². The maximum absolute atomic E-state index is 11.9. The van der Waals surface area contributed by atoms with E-state index in [1.165, 1.54) is 0 Å². The van der Waals surface area contributed by atoms with Crippen molar-refractivity contribution in [1.82, 2.24) is 0 Å². The smallest absolute Gasteiger partial charge is 0.341 e. The summed E-state index contributed by atoms with van der Waals surface area (Å²) in [7, 11) is 0. The minimum absolute atomic E-state index is 0.173. The number of halogens is 1. The van der Waals surface area contributed by atoms with Crippen molar-refractivity contribution in [1.29, 1.82) is 0 Å². The summed E-state index contributed by atoms with van der Waals surface area (Å²) >= 11 is 6.42. The number of thiophene rings is 1. The zero-order valence-electron chi connectivity index (χ0n) is 11.1. The van der Waals surface area contributed by atoms with E-state index in [-0.39, 0.29) is 35.4 Å². The fourth-order valence-corrected chi connectivity index (χ4v) is 2.80. The number of ketones is 1. The summed E-state index contributed by atoms with van der Waals surface area (Å²) in [6.07, 6.45) is 0. The molecule has 0 aromatic carbocycles. The molecule has 8 heteroatoms. The number of anilines is 1. The molecule has 0 aliphatic carbocycles. The SMILES string of the molecule is CCOC(=O)c1c(NC(=O)CCl)sc(C(=O)CN)c1C. The molecule has 1 aromatic rings. The monoisotopic (exact) mass is 318 g/mol. The van der Waals surface area contributed by atoms with Gasteiger partial charge in [-0.1, -0.05) is 0 Å². The molecule has 0 fully saturated rings. The molecule has 110 valence electrons. The number of hydrogen-bond donors (Lipinski definition) is 2. The first kappa shape index (κ1) is 16.6. The van der Waals surface area contributed by atoms with Gasteiger partial charge >= 0.3 is 5.97 Å². The van der Waals surface area contributed by atoms with Gasteiger partial charge in [0.05, 0.1) is 23.6 Å². The highest BCUT2D eigenvalue weighted by atomic mass is 35.5. The van der Waals surface area contributed by atoms with Crippen molar-refractivity contribution >= 4 is 45.6 Å². The maximum Gasteiger partial charge on any atom is 0.341 e. The molecule has 0 atom stereocenters. The van der Waals surface area contributed by atoms with Crippen LogP contribution in [0.2, 0.25) is 0 Å². The second kappa shape index (κ2) is 7.37. The first-order valence-electron chi connectivity index (χ1n) is 5.85. The molecule has 0 aliphatic rings. The molecule has 3 N–H and O–H groups in total. The molecule has 0 saturated heterocycles. The highest BCUT2D eigenvalue weighted by Crippen LogP contribution is 2.34. The molecule has 1 heterocycles.